The van der Waals surface area contributed by atoms with Crippen LogP contribution in [0, 0.1) is 24.6 Å². The zero-order valence-corrected chi connectivity index (χ0v) is 19.6. The molecule has 10 heteroatoms. The zero-order valence-electron chi connectivity index (χ0n) is 18.9. The van der Waals surface area contributed by atoms with E-state index in [2.05, 4.69) is 30.3 Å². The predicted molar refractivity (Wildman–Crippen MR) is 124 cm³/mol. The topological polar surface area (TPSA) is 81.0 Å². The number of nitrogens with zero attached hydrogens (tertiary/aromatic N) is 6. The molecule has 1 saturated carbocycles. The van der Waals surface area contributed by atoms with E-state index < -0.39 is 5.82 Å². The molecule has 5 rings (SSSR count). The lowest BCUT2D eigenvalue weighted by Crippen LogP contribution is -2.48. The molecule has 3 aromatic rings. The Morgan fingerprint density at radius 1 is 1.18 bits per heavy atom. The lowest BCUT2D eigenvalue weighted by Gasteiger charge is -2.38. The van der Waals surface area contributed by atoms with E-state index in [-0.39, 0.29) is 28.9 Å². The van der Waals surface area contributed by atoms with Gasteiger partial charge >= 0.3 is 6.01 Å². The molecule has 8 nitrogen and oxygen atoms in total. The lowest BCUT2D eigenvalue weighted by molar-refractivity contribution is 0.360. The number of hydrogen-bond acceptors (Lipinski definition) is 7. The van der Waals surface area contributed by atoms with Crippen molar-refractivity contribution in [1.29, 1.82) is 0 Å². The first-order valence-corrected chi connectivity index (χ1v) is 11.7. The number of fused-ring (bicyclic) bond motifs is 2. The average Bonchev–Trinajstić information content (AvgIpc) is 3.27. The number of aromatic nitrogens is 5. The standard InChI is InChI=1S/C23H27ClFN7O/c1-13(2)32-23(33-18-6-4-5-17(24)20(18)25)29-22(30-32)28-21-15-7-8-16(21)11-31(10-15)19-9-14(3)26-12-27-19/h4-6,9,12-13,15-16,21H,7-8,10-11H2,1-3H3,(H,28,30). The molecular formula is C23H27ClFN7O. The Balaban J connectivity index is 1.34. The minimum atomic E-state index is -0.614. The highest BCUT2D eigenvalue weighted by Crippen LogP contribution is 2.40. The minimum absolute atomic E-state index is 0.00340. The number of aryl methyl sites for hydroxylation is 1. The number of halogens is 2. The lowest BCUT2D eigenvalue weighted by atomic mass is 9.92. The molecule has 3 heterocycles. The Morgan fingerprint density at radius 3 is 2.64 bits per heavy atom. The molecule has 2 bridgehead atoms. The Bertz CT molecular complexity index is 1140. The maximum Gasteiger partial charge on any atom is 0.322 e. The fourth-order valence-corrected chi connectivity index (χ4v) is 5.01. The fraction of sp³-hybridized carbons (Fsp3) is 0.478. The molecule has 1 aromatic carbocycles. The van der Waals surface area contributed by atoms with Gasteiger partial charge in [0.1, 0.15) is 12.1 Å². The molecule has 0 amide bonds. The molecule has 2 atom stereocenters. The Morgan fingerprint density at radius 2 is 1.94 bits per heavy atom. The smallest absolute Gasteiger partial charge is 0.322 e. The van der Waals surface area contributed by atoms with Crippen LogP contribution in [0.5, 0.6) is 11.8 Å². The Labute approximate surface area is 197 Å². The highest BCUT2D eigenvalue weighted by molar-refractivity contribution is 6.30. The van der Waals surface area contributed by atoms with Crippen molar-refractivity contribution in [3.8, 4) is 11.8 Å². The first kappa shape index (κ1) is 21.9. The van der Waals surface area contributed by atoms with Crippen LogP contribution in [0.1, 0.15) is 38.4 Å². The summed E-state index contributed by atoms with van der Waals surface area (Å²) in [4.78, 5) is 15.6. The molecule has 1 N–H and O–H groups in total. The van der Waals surface area contributed by atoms with Gasteiger partial charge in [0, 0.05) is 30.9 Å². The van der Waals surface area contributed by atoms with Crippen LogP contribution in [0.2, 0.25) is 5.02 Å². The maximum atomic E-state index is 14.4. The van der Waals surface area contributed by atoms with E-state index in [1.54, 1.807) is 17.1 Å². The van der Waals surface area contributed by atoms with E-state index in [1.165, 1.54) is 12.1 Å². The average molecular weight is 472 g/mol. The summed E-state index contributed by atoms with van der Waals surface area (Å²) in [5, 5.41) is 8.17. The quantitative estimate of drug-likeness (QED) is 0.549. The summed E-state index contributed by atoms with van der Waals surface area (Å²) in [7, 11) is 0. The summed E-state index contributed by atoms with van der Waals surface area (Å²) in [6.07, 6.45) is 3.92. The molecule has 2 fully saturated rings. The van der Waals surface area contributed by atoms with Crippen LogP contribution in [0.15, 0.2) is 30.6 Å². The molecule has 2 aromatic heterocycles. The van der Waals surface area contributed by atoms with E-state index in [1.807, 2.05) is 26.8 Å². The normalized spacial score (nSPS) is 22.1. The van der Waals surface area contributed by atoms with Gasteiger partial charge in [-0.25, -0.2) is 19.0 Å². The molecule has 174 valence electrons. The van der Waals surface area contributed by atoms with Crippen molar-refractivity contribution in [2.75, 3.05) is 23.3 Å². The molecule has 0 spiro atoms. The molecule has 1 saturated heterocycles. The largest absolute Gasteiger partial charge is 0.421 e. The van der Waals surface area contributed by atoms with E-state index in [4.69, 9.17) is 16.3 Å². The maximum absolute atomic E-state index is 14.4. The van der Waals surface area contributed by atoms with Crippen LogP contribution >= 0.6 is 11.6 Å². The number of rotatable bonds is 6. The fourth-order valence-electron chi connectivity index (χ4n) is 4.85. The first-order valence-electron chi connectivity index (χ1n) is 11.3. The van der Waals surface area contributed by atoms with Gasteiger partial charge in [0.2, 0.25) is 5.95 Å². The second-order valence-electron chi connectivity index (χ2n) is 9.10. The van der Waals surface area contributed by atoms with Gasteiger partial charge in [-0.2, -0.15) is 4.98 Å². The van der Waals surface area contributed by atoms with E-state index >= 15 is 0 Å². The number of hydrogen-bond donors (Lipinski definition) is 1. The number of piperidine rings is 1. The van der Waals surface area contributed by atoms with Crippen LogP contribution in [0.25, 0.3) is 0 Å². The second kappa shape index (κ2) is 8.78. The molecule has 2 unspecified atom stereocenters. The van der Waals surface area contributed by atoms with Crippen molar-refractivity contribution in [3.63, 3.8) is 0 Å². The SMILES string of the molecule is Cc1cc(N2CC3CCC(C2)C3Nc2nc(Oc3cccc(Cl)c3F)n(C(C)C)n2)ncn1. The second-order valence-corrected chi connectivity index (χ2v) is 9.51. The molecule has 0 radical (unpaired) electrons. The molecule has 33 heavy (non-hydrogen) atoms. The van der Waals surface area contributed by atoms with Crippen LogP contribution in [0.3, 0.4) is 0 Å². The molecular weight excluding hydrogens is 445 g/mol. The van der Waals surface area contributed by atoms with Crippen molar-refractivity contribution < 1.29 is 9.13 Å². The van der Waals surface area contributed by atoms with Gasteiger partial charge in [-0.1, -0.05) is 17.7 Å². The number of nitrogens with one attached hydrogen (secondary N) is 1. The molecule has 1 aliphatic heterocycles. The number of benzene rings is 1. The van der Waals surface area contributed by atoms with Gasteiger partial charge in [0.15, 0.2) is 11.6 Å². The van der Waals surface area contributed by atoms with Crippen molar-refractivity contribution in [2.45, 2.75) is 45.7 Å². The summed E-state index contributed by atoms with van der Waals surface area (Å²) in [6, 6.07) is 7.17. The highest BCUT2D eigenvalue weighted by atomic mass is 35.5. The van der Waals surface area contributed by atoms with E-state index in [0.29, 0.717) is 17.8 Å². The van der Waals surface area contributed by atoms with Gasteiger partial charge in [-0.15, -0.1) is 5.10 Å². The van der Waals surface area contributed by atoms with Crippen LogP contribution in [0.4, 0.5) is 16.2 Å². The summed E-state index contributed by atoms with van der Waals surface area (Å²) in [5.74, 6) is 1.81. The summed E-state index contributed by atoms with van der Waals surface area (Å²) in [6.45, 7) is 7.79. The van der Waals surface area contributed by atoms with Gasteiger partial charge in [0.25, 0.3) is 0 Å². The monoisotopic (exact) mass is 471 g/mol. The number of anilines is 2. The zero-order chi connectivity index (χ0) is 23.1. The van der Waals surface area contributed by atoms with Gasteiger partial charge in [-0.05, 0) is 57.6 Å². The Hall–Kier alpha value is -2.94. The van der Waals surface area contributed by atoms with Crippen LogP contribution in [-0.4, -0.2) is 43.9 Å². The highest BCUT2D eigenvalue weighted by Gasteiger charge is 2.43. The van der Waals surface area contributed by atoms with Crippen LogP contribution < -0.4 is 15.0 Å². The van der Waals surface area contributed by atoms with Crippen LogP contribution in [-0.2, 0) is 0 Å². The van der Waals surface area contributed by atoms with Crippen molar-refractivity contribution in [3.05, 3.63) is 47.1 Å². The summed E-state index contributed by atoms with van der Waals surface area (Å²) in [5.41, 5.74) is 0.972. The third kappa shape index (κ3) is 4.34. The summed E-state index contributed by atoms with van der Waals surface area (Å²) < 4.78 is 21.8. The number of ether oxygens (including phenoxy) is 1. The van der Waals surface area contributed by atoms with Crippen molar-refractivity contribution in [1.82, 2.24) is 24.7 Å². The molecule has 2 aliphatic rings. The van der Waals surface area contributed by atoms with Gasteiger partial charge in [-0.3, -0.25) is 0 Å². The third-order valence-electron chi connectivity index (χ3n) is 6.45. The third-order valence-corrected chi connectivity index (χ3v) is 6.74. The molecule has 1 aliphatic carbocycles. The summed E-state index contributed by atoms with van der Waals surface area (Å²) >= 11 is 5.90. The van der Waals surface area contributed by atoms with Crippen molar-refractivity contribution >= 4 is 23.4 Å². The Kier molecular flexibility index (Phi) is 5.82. The minimum Gasteiger partial charge on any atom is -0.421 e. The van der Waals surface area contributed by atoms with Crippen molar-refractivity contribution in [2.24, 2.45) is 11.8 Å². The first-order chi connectivity index (χ1) is 15.9. The van der Waals surface area contributed by atoms with Gasteiger partial charge in [0.05, 0.1) is 11.1 Å². The van der Waals surface area contributed by atoms with E-state index in [0.717, 1.165) is 37.4 Å². The van der Waals surface area contributed by atoms with E-state index in [9.17, 15) is 4.39 Å². The van der Waals surface area contributed by atoms with Gasteiger partial charge < -0.3 is 15.0 Å². The predicted octanol–water partition coefficient (Wildman–Crippen LogP) is 4.87.